The average molecular weight is 349 g/mol. The number of para-hydroxylation sites is 1. The van der Waals surface area contributed by atoms with E-state index in [9.17, 15) is 4.39 Å². The van der Waals surface area contributed by atoms with Gasteiger partial charge in [0, 0.05) is 6.08 Å². The maximum Gasteiger partial charge on any atom is 0.216 e. The number of hydroxylamine groups is 1. The van der Waals surface area contributed by atoms with Crippen molar-refractivity contribution >= 4 is 0 Å². The summed E-state index contributed by atoms with van der Waals surface area (Å²) in [4.78, 5) is 5.52. The lowest BCUT2D eigenvalue weighted by atomic mass is 10.1. The SMILES string of the molecule is Fc1ccc(OC2=C[C@@H](c3ccc(Oc4ccccc4)cc3)ON2)cc1. The molecule has 5 heteroatoms. The lowest BCUT2D eigenvalue weighted by Crippen LogP contribution is -2.12. The van der Waals surface area contributed by atoms with E-state index in [1.807, 2.05) is 60.7 Å². The van der Waals surface area contributed by atoms with Crippen LogP contribution in [0.25, 0.3) is 0 Å². The molecule has 0 fully saturated rings. The van der Waals surface area contributed by atoms with Gasteiger partial charge in [-0.05, 0) is 54.1 Å². The van der Waals surface area contributed by atoms with Crippen LogP contribution in [0.15, 0.2) is 90.8 Å². The summed E-state index contributed by atoms with van der Waals surface area (Å²) in [5.41, 5.74) is 3.69. The number of halogens is 1. The van der Waals surface area contributed by atoms with E-state index in [0.717, 1.165) is 17.1 Å². The second kappa shape index (κ2) is 7.29. The van der Waals surface area contributed by atoms with E-state index in [0.29, 0.717) is 11.6 Å². The third-order valence-corrected chi connectivity index (χ3v) is 3.82. The Bertz CT molecular complexity index is 893. The van der Waals surface area contributed by atoms with Crippen molar-refractivity contribution in [1.82, 2.24) is 5.48 Å². The fourth-order valence-electron chi connectivity index (χ4n) is 2.53. The zero-order valence-corrected chi connectivity index (χ0v) is 13.8. The highest BCUT2D eigenvalue weighted by Gasteiger charge is 2.20. The van der Waals surface area contributed by atoms with Crippen molar-refractivity contribution < 1.29 is 18.7 Å². The van der Waals surface area contributed by atoms with Gasteiger partial charge in [-0.2, -0.15) is 0 Å². The van der Waals surface area contributed by atoms with Crippen molar-refractivity contribution in [2.45, 2.75) is 6.10 Å². The number of benzene rings is 3. The van der Waals surface area contributed by atoms with Gasteiger partial charge in [0.2, 0.25) is 5.88 Å². The first-order chi connectivity index (χ1) is 12.8. The highest BCUT2D eigenvalue weighted by molar-refractivity contribution is 5.35. The highest BCUT2D eigenvalue weighted by atomic mass is 19.1. The van der Waals surface area contributed by atoms with Gasteiger partial charge in [0.15, 0.2) is 0 Å². The second-order valence-corrected chi connectivity index (χ2v) is 5.71. The Labute approximate surface area is 150 Å². The molecule has 26 heavy (non-hydrogen) atoms. The molecule has 0 radical (unpaired) electrons. The van der Waals surface area contributed by atoms with Gasteiger partial charge >= 0.3 is 0 Å². The zero-order chi connectivity index (χ0) is 17.8. The van der Waals surface area contributed by atoms with Crippen molar-refractivity contribution in [2.75, 3.05) is 0 Å². The van der Waals surface area contributed by atoms with Gasteiger partial charge in [0.05, 0.1) is 0 Å². The molecule has 0 spiro atoms. The number of hydrogen-bond acceptors (Lipinski definition) is 4. The maximum absolute atomic E-state index is 12.9. The van der Waals surface area contributed by atoms with Crippen LogP contribution in [0.2, 0.25) is 0 Å². The number of hydrogen-bond donors (Lipinski definition) is 1. The van der Waals surface area contributed by atoms with Gasteiger partial charge in [0.1, 0.15) is 29.2 Å². The zero-order valence-electron chi connectivity index (χ0n) is 13.8. The van der Waals surface area contributed by atoms with Crippen molar-refractivity contribution in [1.29, 1.82) is 0 Å². The minimum absolute atomic E-state index is 0.281. The molecule has 0 bridgehead atoms. The molecule has 0 saturated heterocycles. The van der Waals surface area contributed by atoms with E-state index in [4.69, 9.17) is 14.3 Å². The monoisotopic (exact) mass is 349 g/mol. The standard InChI is InChI=1S/C21H16FNO3/c22-16-8-12-19(13-9-16)25-21-14-20(26-23-21)15-6-10-18(11-7-15)24-17-4-2-1-3-5-17/h1-14,20,23H/t20-/m0/s1. The van der Waals surface area contributed by atoms with Crippen molar-refractivity contribution in [3.63, 3.8) is 0 Å². The molecule has 0 aromatic heterocycles. The first-order valence-electron chi connectivity index (χ1n) is 8.16. The first kappa shape index (κ1) is 16.2. The first-order valence-corrected chi connectivity index (χ1v) is 8.16. The Morgan fingerprint density at radius 1 is 0.731 bits per heavy atom. The summed E-state index contributed by atoms with van der Waals surface area (Å²) in [6.07, 6.45) is 1.53. The minimum Gasteiger partial charge on any atom is -0.457 e. The van der Waals surface area contributed by atoms with Crippen LogP contribution in [-0.4, -0.2) is 0 Å². The maximum atomic E-state index is 12.9. The Kier molecular flexibility index (Phi) is 4.53. The second-order valence-electron chi connectivity index (χ2n) is 5.71. The largest absolute Gasteiger partial charge is 0.457 e. The molecule has 4 nitrogen and oxygen atoms in total. The molecule has 1 N–H and O–H groups in total. The minimum atomic E-state index is -0.308. The summed E-state index contributed by atoms with van der Waals surface area (Å²) in [6.45, 7) is 0. The fourth-order valence-corrected chi connectivity index (χ4v) is 2.53. The Balaban J connectivity index is 1.41. The van der Waals surface area contributed by atoms with Crippen LogP contribution < -0.4 is 15.0 Å². The molecule has 1 atom stereocenters. The van der Waals surface area contributed by atoms with E-state index in [1.165, 1.54) is 12.1 Å². The molecule has 3 aromatic carbocycles. The van der Waals surface area contributed by atoms with Crippen LogP contribution in [-0.2, 0) is 4.84 Å². The third-order valence-electron chi connectivity index (χ3n) is 3.82. The van der Waals surface area contributed by atoms with E-state index in [2.05, 4.69) is 5.48 Å². The Hall–Kier alpha value is -3.31. The van der Waals surface area contributed by atoms with E-state index < -0.39 is 0 Å². The summed E-state index contributed by atoms with van der Waals surface area (Å²) < 4.78 is 24.3. The van der Waals surface area contributed by atoms with Crippen molar-refractivity contribution in [3.8, 4) is 17.2 Å². The summed E-state index contributed by atoms with van der Waals surface area (Å²) in [5, 5.41) is 0. The van der Waals surface area contributed by atoms with Crippen molar-refractivity contribution in [3.05, 3.63) is 102 Å². The molecule has 0 aliphatic carbocycles. The predicted molar refractivity (Wildman–Crippen MR) is 95.0 cm³/mol. The molecule has 0 saturated carbocycles. The van der Waals surface area contributed by atoms with Gasteiger partial charge in [-0.15, -0.1) is 0 Å². The van der Waals surface area contributed by atoms with Gasteiger partial charge in [-0.1, -0.05) is 30.3 Å². The predicted octanol–water partition coefficient (Wildman–Crippen LogP) is 5.11. The molecular formula is C21H16FNO3. The summed E-state index contributed by atoms with van der Waals surface area (Å²) in [6, 6.07) is 23.0. The van der Waals surface area contributed by atoms with Crippen molar-refractivity contribution in [2.24, 2.45) is 0 Å². The van der Waals surface area contributed by atoms with Gasteiger partial charge in [0.25, 0.3) is 0 Å². The number of ether oxygens (including phenoxy) is 2. The average Bonchev–Trinajstić information content (AvgIpc) is 3.14. The highest BCUT2D eigenvalue weighted by Crippen LogP contribution is 2.28. The van der Waals surface area contributed by atoms with Crippen LogP contribution in [0.1, 0.15) is 11.7 Å². The molecule has 0 amide bonds. The summed E-state index contributed by atoms with van der Waals surface area (Å²) in [7, 11) is 0. The number of rotatable bonds is 5. The van der Waals surface area contributed by atoms with Gasteiger partial charge < -0.3 is 9.47 Å². The van der Waals surface area contributed by atoms with Crippen LogP contribution in [0.5, 0.6) is 17.2 Å². The quantitative estimate of drug-likeness (QED) is 0.694. The smallest absolute Gasteiger partial charge is 0.216 e. The third kappa shape index (κ3) is 3.84. The summed E-state index contributed by atoms with van der Waals surface area (Å²) in [5.74, 6) is 2.22. The van der Waals surface area contributed by atoms with Crippen LogP contribution in [0.4, 0.5) is 4.39 Å². The molecule has 1 aliphatic heterocycles. The molecule has 4 rings (SSSR count). The molecule has 1 aliphatic rings. The fraction of sp³-hybridized carbons (Fsp3) is 0.0476. The van der Waals surface area contributed by atoms with E-state index in [1.54, 1.807) is 12.1 Å². The topological polar surface area (TPSA) is 39.7 Å². The van der Waals surface area contributed by atoms with Crippen LogP contribution in [0, 0.1) is 5.82 Å². The Morgan fingerprint density at radius 3 is 2.08 bits per heavy atom. The van der Waals surface area contributed by atoms with E-state index in [-0.39, 0.29) is 11.9 Å². The lowest BCUT2D eigenvalue weighted by molar-refractivity contribution is 0.0273. The van der Waals surface area contributed by atoms with Crippen LogP contribution in [0.3, 0.4) is 0 Å². The van der Waals surface area contributed by atoms with Crippen LogP contribution >= 0.6 is 0 Å². The van der Waals surface area contributed by atoms with Gasteiger partial charge in [-0.25, -0.2) is 9.87 Å². The summed E-state index contributed by atoms with van der Waals surface area (Å²) >= 11 is 0. The number of nitrogens with one attached hydrogen (secondary N) is 1. The van der Waals surface area contributed by atoms with Gasteiger partial charge in [-0.3, -0.25) is 4.84 Å². The Morgan fingerprint density at radius 2 is 1.35 bits per heavy atom. The normalized spacial score (nSPS) is 15.9. The molecule has 130 valence electrons. The lowest BCUT2D eigenvalue weighted by Gasteiger charge is -2.09. The van der Waals surface area contributed by atoms with E-state index >= 15 is 0 Å². The molecular weight excluding hydrogens is 333 g/mol. The molecule has 3 aromatic rings. The molecule has 0 unspecified atom stereocenters. The molecule has 1 heterocycles.